The van der Waals surface area contributed by atoms with Gasteiger partial charge in [0.05, 0.1) is 6.10 Å². The van der Waals surface area contributed by atoms with Crippen molar-refractivity contribution < 1.29 is 27.2 Å². The molecule has 2 N–H and O–H groups in total. The maximum atomic E-state index is 13.5. The molecular weight excluding hydrogens is 619 g/mol. The van der Waals surface area contributed by atoms with Gasteiger partial charge in [0, 0.05) is 6.42 Å². The van der Waals surface area contributed by atoms with Crippen molar-refractivity contribution in [3.05, 3.63) is 89.5 Å². The van der Waals surface area contributed by atoms with E-state index in [1.54, 1.807) is 48.5 Å². The zero-order valence-corrected chi connectivity index (χ0v) is 25.7. The van der Waals surface area contributed by atoms with Gasteiger partial charge in [0.15, 0.2) is 0 Å². The number of unbranched alkanes of at least 4 members (excludes halogenated alkanes) is 2. The summed E-state index contributed by atoms with van der Waals surface area (Å²) in [6, 6.07) is 21.0. The number of nitriles is 1. The van der Waals surface area contributed by atoms with E-state index in [9.17, 15) is 18.3 Å². The normalized spacial score (nSPS) is 19.5. The van der Waals surface area contributed by atoms with Crippen LogP contribution in [-0.4, -0.2) is 51.8 Å². The molecule has 0 aliphatic carbocycles. The molecule has 2 aliphatic heterocycles. The predicted molar refractivity (Wildman–Crippen MR) is 162 cm³/mol. The van der Waals surface area contributed by atoms with Gasteiger partial charge < -0.3 is 14.0 Å². The number of phenols is 1. The average Bonchev–Trinajstić information content (AvgIpc) is 3.57. The molecule has 0 radical (unpaired) electrons. The number of ether oxygens (including phenoxy) is 1. The van der Waals surface area contributed by atoms with Crippen LogP contribution < -0.4 is 9.50 Å². The summed E-state index contributed by atoms with van der Waals surface area (Å²) in [5.41, 5.74) is 4.93. The quantitative estimate of drug-likeness (QED) is 0.147. The first-order valence-corrected chi connectivity index (χ1v) is 17.4. The summed E-state index contributed by atoms with van der Waals surface area (Å²) in [6.07, 6.45) is 2.13. The van der Waals surface area contributed by atoms with E-state index in [1.165, 1.54) is 0 Å². The first-order chi connectivity index (χ1) is 20.2. The number of rotatable bonds is 12. The molecule has 0 saturated carbocycles. The van der Waals surface area contributed by atoms with Crippen LogP contribution >= 0.6 is 0 Å². The summed E-state index contributed by atoms with van der Waals surface area (Å²) in [5.74, 6) is 0.330. The van der Waals surface area contributed by atoms with Gasteiger partial charge >= 0.3 is 123 Å². The summed E-state index contributed by atoms with van der Waals surface area (Å²) < 4.78 is 38.7. The van der Waals surface area contributed by atoms with Crippen molar-refractivity contribution in [1.82, 2.24) is 0 Å². The zero-order valence-electron chi connectivity index (χ0n) is 23.2. The Kier molecular flexibility index (Phi) is 9.34. The van der Waals surface area contributed by atoms with Crippen LogP contribution in [0.4, 0.5) is 5.69 Å². The number of aryl methyl sites for hydroxylation is 1. The summed E-state index contributed by atoms with van der Waals surface area (Å²) in [6.45, 7) is 1.92. The van der Waals surface area contributed by atoms with Gasteiger partial charge in [-0.3, -0.25) is 0 Å². The van der Waals surface area contributed by atoms with E-state index in [0.717, 1.165) is 52.4 Å². The van der Waals surface area contributed by atoms with Crippen LogP contribution in [0.1, 0.15) is 48.8 Å². The van der Waals surface area contributed by atoms with Crippen molar-refractivity contribution in [1.29, 1.82) is 5.26 Å². The SMILES string of the molecule is Cc1ccc(OS(=O)(=O)C2CC3OC2C(c2ccc(NC(=O)CCCCC[Se]C#N)cc2)=C3c2ccc(O)cc2)cc1. The van der Waals surface area contributed by atoms with Gasteiger partial charge in [-0.1, -0.05) is 29.8 Å². The van der Waals surface area contributed by atoms with Gasteiger partial charge in [-0.15, -0.1) is 0 Å². The number of fused-ring (bicyclic) bond motifs is 2. The molecule has 1 saturated heterocycles. The van der Waals surface area contributed by atoms with Crippen LogP contribution in [0.15, 0.2) is 72.8 Å². The van der Waals surface area contributed by atoms with Crippen molar-refractivity contribution in [3.8, 4) is 16.5 Å². The van der Waals surface area contributed by atoms with Crippen LogP contribution in [0.2, 0.25) is 5.32 Å². The molecule has 0 aromatic heterocycles. The molecule has 1 fully saturated rings. The molecule has 218 valence electrons. The van der Waals surface area contributed by atoms with Crippen molar-refractivity contribution in [2.45, 2.75) is 61.8 Å². The van der Waals surface area contributed by atoms with E-state index in [0.29, 0.717) is 12.1 Å². The largest absolute Gasteiger partial charge is 0.508 e. The first kappa shape index (κ1) is 29.9. The third-order valence-electron chi connectivity index (χ3n) is 7.47. The Labute approximate surface area is 252 Å². The molecule has 2 heterocycles. The second-order valence-corrected chi connectivity index (χ2v) is 14.1. The van der Waals surface area contributed by atoms with Crippen molar-refractivity contribution >= 4 is 47.8 Å². The Balaban J connectivity index is 1.36. The molecule has 3 unspecified atom stereocenters. The maximum Gasteiger partial charge on any atom is 0.115 e. The Morgan fingerprint density at radius 3 is 2.36 bits per heavy atom. The van der Waals surface area contributed by atoms with Crippen molar-refractivity contribution in [2.24, 2.45) is 0 Å². The van der Waals surface area contributed by atoms with E-state index in [4.69, 9.17) is 14.2 Å². The number of phenolic OH excluding ortho intramolecular Hbond substituents is 1. The monoisotopic (exact) mass is 652 g/mol. The minimum atomic E-state index is -4.02. The second kappa shape index (κ2) is 13.1. The molecule has 42 heavy (non-hydrogen) atoms. The summed E-state index contributed by atoms with van der Waals surface area (Å²) in [4.78, 5) is 14.6. The molecule has 2 aliphatic rings. The molecule has 5 rings (SSSR count). The number of nitrogens with zero attached hydrogens (tertiary/aromatic N) is 1. The van der Waals surface area contributed by atoms with Gasteiger partial charge in [-0.25, -0.2) is 0 Å². The molecule has 8 nitrogen and oxygen atoms in total. The molecule has 2 bridgehead atoms. The van der Waals surface area contributed by atoms with Crippen LogP contribution in [0.5, 0.6) is 11.5 Å². The number of amides is 1. The maximum absolute atomic E-state index is 13.5. The topological polar surface area (TPSA) is 126 Å². The van der Waals surface area contributed by atoms with Gasteiger partial charge in [0.25, 0.3) is 0 Å². The summed E-state index contributed by atoms with van der Waals surface area (Å²) >= 11 is 0.0315. The predicted octanol–water partition coefficient (Wildman–Crippen LogP) is 5.66. The number of carbonyl (C=O) groups is 1. The molecule has 0 spiro atoms. The number of aromatic hydroxyl groups is 1. The van der Waals surface area contributed by atoms with Crippen LogP contribution in [0, 0.1) is 17.2 Å². The average molecular weight is 652 g/mol. The van der Waals surface area contributed by atoms with Gasteiger partial charge in [-0.2, -0.15) is 8.42 Å². The fourth-order valence-electron chi connectivity index (χ4n) is 5.42. The number of nitrogens with one attached hydrogen (secondary N) is 1. The standard InChI is InChI=1S/C32H32N2O6SSe/c1-21-6-16-26(17-7-21)40-41(37,38)28-19-27-30(22-10-14-25(35)15-11-22)31(32(28)39-27)23-8-12-24(13-9-23)34-29(36)5-3-2-4-18-42-20-33/h6-17,27-28,32,35H,2-5,18-19H2,1H3,(H,34,36). The Morgan fingerprint density at radius 2 is 1.67 bits per heavy atom. The number of anilines is 1. The van der Waals surface area contributed by atoms with E-state index >= 15 is 0 Å². The molecule has 3 atom stereocenters. The number of hydrogen-bond donors (Lipinski definition) is 2. The summed E-state index contributed by atoms with van der Waals surface area (Å²) in [7, 11) is -4.02. The fraction of sp³-hybridized carbons (Fsp3) is 0.312. The minimum Gasteiger partial charge on any atom is -0.508 e. The molecule has 3 aromatic carbocycles. The number of hydrogen-bond acceptors (Lipinski definition) is 7. The third-order valence-corrected chi connectivity index (χ3v) is 10.4. The van der Waals surface area contributed by atoms with Crippen LogP contribution in [0.3, 0.4) is 0 Å². The van der Waals surface area contributed by atoms with Crippen molar-refractivity contribution in [2.75, 3.05) is 5.32 Å². The molecule has 10 heteroatoms. The van der Waals surface area contributed by atoms with Crippen molar-refractivity contribution in [3.63, 3.8) is 0 Å². The molecule has 1 amide bonds. The Morgan fingerprint density at radius 1 is 1.00 bits per heavy atom. The zero-order chi connectivity index (χ0) is 29.7. The number of benzene rings is 3. The van der Waals surface area contributed by atoms with E-state index < -0.39 is 27.6 Å². The molecule has 3 aromatic rings. The van der Waals surface area contributed by atoms with E-state index in [1.807, 2.05) is 31.2 Å². The van der Waals surface area contributed by atoms with Crippen LogP contribution in [0.25, 0.3) is 11.1 Å². The van der Waals surface area contributed by atoms with Crippen LogP contribution in [-0.2, 0) is 19.6 Å². The third kappa shape index (κ3) is 6.88. The van der Waals surface area contributed by atoms with Gasteiger partial charge in [0.2, 0.25) is 0 Å². The first-order valence-electron chi connectivity index (χ1n) is 13.9. The Hall–Kier alpha value is -3.61. The Bertz CT molecular complexity index is 1600. The van der Waals surface area contributed by atoms with Gasteiger partial charge in [-0.05, 0) is 42.3 Å². The fourth-order valence-corrected chi connectivity index (χ4v) is 7.76. The van der Waals surface area contributed by atoms with E-state index in [-0.39, 0.29) is 38.8 Å². The summed E-state index contributed by atoms with van der Waals surface area (Å²) in [5, 5.41) is 21.4. The smallest absolute Gasteiger partial charge is 0.115 e. The minimum absolute atomic E-state index is 0.0315. The molecular formula is C32H32N2O6SSe. The van der Waals surface area contributed by atoms with E-state index in [2.05, 4.69) is 10.3 Å². The van der Waals surface area contributed by atoms with Gasteiger partial charge in [0.1, 0.15) is 22.9 Å². The second-order valence-electron chi connectivity index (χ2n) is 10.5. The number of carbonyl (C=O) groups excluding carboxylic acids is 1.